The first kappa shape index (κ1) is 38.3. The van der Waals surface area contributed by atoms with E-state index in [-0.39, 0.29) is 56.4 Å². The van der Waals surface area contributed by atoms with Gasteiger partial charge in [0.05, 0.1) is 21.2 Å². The summed E-state index contributed by atoms with van der Waals surface area (Å²) in [6.45, 7) is 0. The van der Waals surface area contributed by atoms with Gasteiger partial charge in [-0.15, -0.1) is 0 Å². The van der Waals surface area contributed by atoms with Gasteiger partial charge in [0, 0.05) is 46.8 Å². The number of rotatable bonds is 10. The molecule has 2 amide bonds. The van der Waals surface area contributed by atoms with Crippen molar-refractivity contribution in [2.75, 3.05) is 21.5 Å². The van der Waals surface area contributed by atoms with E-state index in [1.165, 1.54) is 60.7 Å². The van der Waals surface area contributed by atoms with E-state index in [9.17, 15) is 60.6 Å². The molecule has 4 aromatic carbocycles. The van der Waals surface area contributed by atoms with E-state index in [0.717, 1.165) is 36.4 Å². The van der Waals surface area contributed by atoms with Gasteiger partial charge in [0.15, 0.2) is 11.4 Å². The van der Waals surface area contributed by atoms with E-state index in [1.54, 1.807) is 0 Å². The number of carbonyl (C=O) groups is 3. The molecule has 6 rings (SSSR count). The highest BCUT2D eigenvalue weighted by Crippen LogP contribution is 2.30. The van der Waals surface area contributed by atoms with Gasteiger partial charge in [-0.3, -0.25) is 49.8 Å². The first-order chi connectivity index (χ1) is 26.4. The number of fused-ring (bicyclic) bond motifs is 2. The van der Waals surface area contributed by atoms with Crippen LogP contribution in [0.3, 0.4) is 0 Å². The number of allylic oxidation sites excluding steroid dienone is 2. The zero-order chi connectivity index (χ0) is 40.5. The predicted molar refractivity (Wildman–Crippen MR) is 202 cm³/mol. The highest BCUT2D eigenvalue weighted by molar-refractivity contribution is 7.91. The van der Waals surface area contributed by atoms with E-state index in [4.69, 9.17) is 0 Å². The number of Topliss-reactive ketones (excluding diaryl/α,β-unsaturated/α-hetero) is 2. The lowest BCUT2D eigenvalue weighted by atomic mass is 9.94. The van der Waals surface area contributed by atoms with Crippen LogP contribution in [-0.4, -0.2) is 64.8 Å². The quantitative estimate of drug-likeness (QED) is 0.0703. The monoisotopic (exact) mass is 802 g/mol. The van der Waals surface area contributed by atoms with Crippen LogP contribution in [0.2, 0.25) is 0 Å². The van der Waals surface area contributed by atoms with Crippen molar-refractivity contribution in [1.82, 2.24) is 0 Å². The smallest absolute Gasteiger partial charge is 0.308 e. The molecule has 284 valence electrons. The standard InChI is InChI=1S/C33H22N8O13S2/c42-31-25-11-5-21(13-17(25)15-27(55(49,50)51)29(31)38-36-19-1-7-23(8-2-19)40(45)46)34-33(44)35-22-6-12-26-18(14-22)16-28(56(52,53)54)30(32(26)43)39-37-20-3-9-24(10-4-20)41(47)48/h1-16,36-37H,(H2,34,35,44)(H,49,50,51)(H,52,53,54)/b38-29-,39-30-. The lowest BCUT2D eigenvalue weighted by Gasteiger charge is -2.18. The molecule has 0 saturated heterocycles. The van der Waals surface area contributed by atoms with Crippen LogP contribution < -0.4 is 21.5 Å². The average Bonchev–Trinajstić information content (AvgIpc) is 3.13. The number of nitro benzene ring substituents is 2. The molecule has 56 heavy (non-hydrogen) atoms. The van der Waals surface area contributed by atoms with E-state index in [2.05, 4.69) is 31.7 Å². The maximum absolute atomic E-state index is 13.3. The van der Waals surface area contributed by atoms with Crippen LogP contribution in [0.1, 0.15) is 31.8 Å². The normalized spacial score (nSPS) is 15.2. The third-order valence-electron chi connectivity index (χ3n) is 7.88. The van der Waals surface area contributed by atoms with E-state index >= 15 is 0 Å². The second kappa shape index (κ2) is 14.7. The van der Waals surface area contributed by atoms with Crippen molar-refractivity contribution in [3.63, 3.8) is 0 Å². The first-order valence-electron chi connectivity index (χ1n) is 15.4. The molecule has 0 aromatic heterocycles. The Morgan fingerprint density at radius 2 is 0.911 bits per heavy atom. The Hall–Kier alpha value is -7.47. The number of hydrogen-bond acceptors (Lipinski definition) is 15. The van der Waals surface area contributed by atoms with Crippen molar-refractivity contribution in [3.05, 3.63) is 137 Å². The molecule has 0 atom stereocenters. The Labute approximate surface area is 313 Å². The summed E-state index contributed by atoms with van der Waals surface area (Å²) < 4.78 is 68.8. The predicted octanol–water partition coefficient (Wildman–Crippen LogP) is 4.93. The number of ketones is 2. The van der Waals surface area contributed by atoms with Gasteiger partial charge in [-0.25, -0.2) is 4.79 Å². The van der Waals surface area contributed by atoms with Crippen molar-refractivity contribution in [2.24, 2.45) is 10.2 Å². The molecule has 2 aliphatic carbocycles. The van der Waals surface area contributed by atoms with Crippen LogP contribution in [0.25, 0.3) is 12.2 Å². The number of carbonyl (C=O) groups excluding carboxylic acids is 3. The van der Waals surface area contributed by atoms with Crippen LogP contribution in [-0.2, 0) is 20.2 Å². The van der Waals surface area contributed by atoms with E-state index in [1.807, 2.05) is 0 Å². The van der Waals surface area contributed by atoms with Crippen LogP contribution in [0, 0.1) is 20.2 Å². The molecule has 0 spiro atoms. The number of non-ortho nitro benzene ring substituents is 2. The van der Waals surface area contributed by atoms with Gasteiger partial charge in [-0.1, -0.05) is 0 Å². The number of nitrogens with one attached hydrogen (secondary N) is 4. The second-order valence-electron chi connectivity index (χ2n) is 11.6. The zero-order valence-corrected chi connectivity index (χ0v) is 29.4. The van der Waals surface area contributed by atoms with Gasteiger partial charge in [-0.05, 0) is 83.9 Å². The Morgan fingerprint density at radius 3 is 1.23 bits per heavy atom. The summed E-state index contributed by atoms with van der Waals surface area (Å²) in [6, 6.07) is 16.3. The molecule has 4 aromatic rings. The molecule has 0 fully saturated rings. The summed E-state index contributed by atoms with van der Waals surface area (Å²) in [6.07, 6.45) is 1.90. The molecular formula is C33H22N8O13S2. The molecule has 6 N–H and O–H groups in total. The van der Waals surface area contributed by atoms with Gasteiger partial charge in [-0.2, -0.15) is 27.0 Å². The number of hydrogen-bond donors (Lipinski definition) is 6. The molecule has 0 bridgehead atoms. The maximum Gasteiger partial charge on any atom is 0.323 e. The number of amides is 2. The number of nitrogens with zero attached hydrogens (tertiary/aromatic N) is 4. The van der Waals surface area contributed by atoms with Gasteiger partial charge >= 0.3 is 6.03 Å². The van der Waals surface area contributed by atoms with Crippen LogP contribution in [0.5, 0.6) is 0 Å². The Bertz CT molecular complexity index is 2560. The SMILES string of the molecule is O=C(Nc1ccc2c(c1)C=C(S(=O)(=O)O)/C(=N/Nc1ccc([N+](=O)[O-])cc1)C2=O)Nc1ccc2c(c1)C=C(S(=O)(=O)O)/C(=N/Nc1ccc([N+](=O)[O-])cc1)C2=O. The third-order valence-corrected chi connectivity index (χ3v) is 9.62. The van der Waals surface area contributed by atoms with Crippen LogP contribution in [0.4, 0.5) is 38.9 Å². The van der Waals surface area contributed by atoms with Gasteiger partial charge in [0.1, 0.15) is 9.81 Å². The molecule has 21 nitrogen and oxygen atoms in total. The summed E-state index contributed by atoms with van der Waals surface area (Å²) in [5.41, 5.74) is 3.28. The van der Waals surface area contributed by atoms with Crippen molar-refractivity contribution < 1.29 is 50.2 Å². The minimum absolute atomic E-state index is 0.0228. The minimum Gasteiger partial charge on any atom is -0.308 e. The Kier molecular flexibility index (Phi) is 10.1. The molecule has 0 unspecified atom stereocenters. The van der Waals surface area contributed by atoms with Crippen molar-refractivity contribution in [3.8, 4) is 0 Å². The Morgan fingerprint density at radius 1 is 0.571 bits per heavy atom. The fourth-order valence-corrected chi connectivity index (χ4v) is 6.60. The zero-order valence-electron chi connectivity index (χ0n) is 27.7. The fourth-order valence-electron chi connectivity index (χ4n) is 5.29. The Balaban J connectivity index is 1.20. The molecule has 0 heterocycles. The van der Waals surface area contributed by atoms with Crippen LogP contribution in [0.15, 0.2) is 105 Å². The van der Waals surface area contributed by atoms with E-state index < -0.39 is 68.9 Å². The molecule has 23 heteroatoms. The summed E-state index contributed by atoms with van der Waals surface area (Å²) in [7, 11) is -10.1. The van der Waals surface area contributed by atoms with Gasteiger partial charge < -0.3 is 10.6 Å². The molecule has 0 radical (unpaired) electrons. The summed E-state index contributed by atoms with van der Waals surface area (Å²) in [5.74, 6) is -1.84. The number of benzene rings is 4. The number of urea groups is 1. The first-order valence-corrected chi connectivity index (χ1v) is 18.3. The van der Waals surface area contributed by atoms with Crippen LogP contribution >= 0.6 is 0 Å². The molecular weight excluding hydrogens is 781 g/mol. The average molecular weight is 803 g/mol. The maximum atomic E-state index is 13.3. The third kappa shape index (κ3) is 8.19. The molecule has 0 saturated carbocycles. The summed E-state index contributed by atoms with van der Waals surface area (Å²) in [5, 5.41) is 34.4. The lowest BCUT2D eigenvalue weighted by Crippen LogP contribution is -2.27. The minimum atomic E-state index is -5.03. The molecule has 2 aliphatic rings. The lowest BCUT2D eigenvalue weighted by molar-refractivity contribution is -0.385. The largest absolute Gasteiger partial charge is 0.323 e. The fraction of sp³-hybridized carbons (Fsp3) is 0. The van der Waals surface area contributed by atoms with Crippen molar-refractivity contribution >= 4 is 95.5 Å². The number of nitro groups is 2. The van der Waals surface area contributed by atoms with Crippen molar-refractivity contribution in [1.29, 1.82) is 0 Å². The summed E-state index contributed by atoms with van der Waals surface area (Å²) in [4.78, 5) is 58.4. The van der Waals surface area contributed by atoms with Crippen molar-refractivity contribution in [2.45, 2.75) is 0 Å². The number of hydrazone groups is 2. The van der Waals surface area contributed by atoms with Gasteiger partial charge in [0.2, 0.25) is 11.6 Å². The second-order valence-corrected chi connectivity index (χ2v) is 14.3. The highest BCUT2D eigenvalue weighted by Gasteiger charge is 2.34. The van der Waals surface area contributed by atoms with E-state index in [0.29, 0.717) is 0 Å². The topological polar surface area (TPSA) is 319 Å². The number of anilines is 4. The molecule has 0 aliphatic heterocycles. The van der Waals surface area contributed by atoms with Gasteiger partial charge in [0.25, 0.3) is 31.6 Å². The summed E-state index contributed by atoms with van der Waals surface area (Å²) >= 11 is 0. The highest BCUT2D eigenvalue weighted by atomic mass is 32.2.